The second-order valence-electron chi connectivity index (χ2n) is 3.67. The van der Waals surface area contributed by atoms with Crippen molar-refractivity contribution in [2.45, 2.75) is 19.8 Å². The molecule has 2 aromatic carbocycles. The zero-order valence-electron chi connectivity index (χ0n) is 8.04. The summed E-state index contributed by atoms with van der Waals surface area (Å²) in [6.45, 7) is 4.39. The smallest absolute Gasteiger partial charge is 0.0140 e. The first-order valence-electron chi connectivity index (χ1n) is 4.68. The molecule has 0 heterocycles. The maximum absolute atomic E-state index is 3.31. The Labute approximate surface area is 79.2 Å². The lowest BCUT2D eigenvalue weighted by atomic mass is 9.99. The van der Waals surface area contributed by atoms with Gasteiger partial charge in [-0.05, 0) is 34.4 Å². The van der Waals surface area contributed by atoms with Crippen LogP contribution in [0.25, 0.3) is 10.8 Å². The quantitative estimate of drug-likeness (QED) is 0.609. The van der Waals surface area contributed by atoms with Gasteiger partial charge in [0.2, 0.25) is 0 Å². The van der Waals surface area contributed by atoms with Crippen LogP contribution in [0.3, 0.4) is 0 Å². The highest BCUT2D eigenvalue weighted by Crippen LogP contribution is 2.20. The molecule has 0 bridgehead atoms. The molecule has 0 aliphatic rings. The molecule has 0 saturated heterocycles. The standard InChI is InChI=1S/C13H13/c1-10(2)12-8-7-11-5-3-4-6-13(11)9-12/h3-7,9-10H,1-2H3. The van der Waals surface area contributed by atoms with Gasteiger partial charge in [0.15, 0.2) is 0 Å². The van der Waals surface area contributed by atoms with Crippen LogP contribution in [0.15, 0.2) is 36.4 Å². The summed E-state index contributed by atoms with van der Waals surface area (Å²) in [5, 5.41) is 2.58. The van der Waals surface area contributed by atoms with E-state index in [1.165, 1.54) is 16.3 Å². The summed E-state index contributed by atoms with van der Waals surface area (Å²) in [6, 6.07) is 16.0. The van der Waals surface area contributed by atoms with Gasteiger partial charge in [-0.3, -0.25) is 0 Å². The highest BCUT2D eigenvalue weighted by Gasteiger charge is 1.99. The van der Waals surface area contributed by atoms with E-state index in [2.05, 4.69) is 56.3 Å². The lowest BCUT2D eigenvalue weighted by Crippen LogP contribution is -1.86. The van der Waals surface area contributed by atoms with Gasteiger partial charge in [-0.2, -0.15) is 0 Å². The average molecular weight is 169 g/mol. The fourth-order valence-electron chi connectivity index (χ4n) is 1.48. The summed E-state index contributed by atoms with van der Waals surface area (Å²) in [7, 11) is 0. The highest BCUT2D eigenvalue weighted by atomic mass is 14.0. The maximum atomic E-state index is 3.31. The van der Waals surface area contributed by atoms with Gasteiger partial charge in [-0.25, -0.2) is 0 Å². The molecule has 0 atom stereocenters. The molecule has 0 unspecified atom stereocenters. The van der Waals surface area contributed by atoms with Gasteiger partial charge < -0.3 is 0 Å². The van der Waals surface area contributed by atoms with Gasteiger partial charge in [0.25, 0.3) is 0 Å². The maximum Gasteiger partial charge on any atom is -0.0140 e. The van der Waals surface area contributed by atoms with Gasteiger partial charge in [0.05, 0.1) is 0 Å². The first-order valence-corrected chi connectivity index (χ1v) is 4.68. The van der Waals surface area contributed by atoms with E-state index in [0.717, 1.165) is 0 Å². The summed E-state index contributed by atoms with van der Waals surface area (Å²) in [5.74, 6) is 0.560. The third-order valence-corrected chi connectivity index (χ3v) is 2.32. The van der Waals surface area contributed by atoms with Crippen molar-refractivity contribution < 1.29 is 0 Å². The molecule has 13 heavy (non-hydrogen) atoms. The Hall–Kier alpha value is -1.30. The SMILES string of the molecule is CC(C)c1[c]cc2ccccc2c1. The average Bonchev–Trinajstić information content (AvgIpc) is 2.17. The van der Waals surface area contributed by atoms with Crippen molar-refractivity contribution in [1.82, 2.24) is 0 Å². The van der Waals surface area contributed by atoms with Crippen LogP contribution in [0.2, 0.25) is 0 Å². The Bertz CT molecular complexity index is 413. The van der Waals surface area contributed by atoms with Gasteiger partial charge in [0.1, 0.15) is 0 Å². The summed E-state index contributed by atoms with van der Waals surface area (Å²) in [5.41, 5.74) is 1.29. The van der Waals surface area contributed by atoms with Gasteiger partial charge in [-0.1, -0.05) is 44.2 Å². The highest BCUT2D eigenvalue weighted by molar-refractivity contribution is 5.82. The lowest BCUT2D eigenvalue weighted by Gasteiger charge is -2.05. The fourth-order valence-corrected chi connectivity index (χ4v) is 1.48. The van der Waals surface area contributed by atoms with Crippen molar-refractivity contribution in [1.29, 1.82) is 0 Å². The summed E-state index contributed by atoms with van der Waals surface area (Å²) in [6.07, 6.45) is 0. The van der Waals surface area contributed by atoms with E-state index >= 15 is 0 Å². The summed E-state index contributed by atoms with van der Waals surface area (Å²) >= 11 is 0. The van der Waals surface area contributed by atoms with Crippen molar-refractivity contribution in [3.05, 3.63) is 48.0 Å². The minimum Gasteiger partial charge on any atom is -0.0616 e. The van der Waals surface area contributed by atoms with Crippen LogP contribution < -0.4 is 0 Å². The Balaban J connectivity index is 2.62. The molecule has 65 valence electrons. The first-order chi connectivity index (χ1) is 6.27. The van der Waals surface area contributed by atoms with E-state index < -0.39 is 0 Å². The normalized spacial score (nSPS) is 11.0. The third kappa shape index (κ3) is 1.57. The Kier molecular flexibility index (Phi) is 2.05. The predicted molar refractivity (Wildman–Crippen MR) is 56.9 cm³/mol. The lowest BCUT2D eigenvalue weighted by molar-refractivity contribution is 0.867. The van der Waals surface area contributed by atoms with Gasteiger partial charge in [0, 0.05) is 0 Å². The van der Waals surface area contributed by atoms with Crippen molar-refractivity contribution in [2.75, 3.05) is 0 Å². The molecule has 0 saturated carbocycles. The Morgan fingerprint density at radius 2 is 1.77 bits per heavy atom. The summed E-state index contributed by atoms with van der Waals surface area (Å²) < 4.78 is 0. The molecule has 2 rings (SSSR count). The van der Waals surface area contributed by atoms with Gasteiger partial charge >= 0.3 is 0 Å². The number of fused-ring (bicyclic) bond motifs is 1. The zero-order valence-corrected chi connectivity index (χ0v) is 8.04. The Morgan fingerprint density at radius 3 is 2.46 bits per heavy atom. The molecule has 0 aliphatic heterocycles. The van der Waals surface area contributed by atoms with Crippen molar-refractivity contribution in [3.63, 3.8) is 0 Å². The Morgan fingerprint density at radius 1 is 1.08 bits per heavy atom. The van der Waals surface area contributed by atoms with Crippen LogP contribution >= 0.6 is 0 Å². The van der Waals surface area contributed by atoms with Gasteiger partial charge in [-0.15, -0.1) is 0 Å². The van der Waals surface area contributed by atoms with E-state index in [1.807, 2.05) is 0 Å². The van der Waals surface area contributed by atoms with Crippen LogP contribution in [0.5, 0.6) is 0 Å². The molecule has 0 fully saturated rings. The number of hydrogen-bond acceptors (Lipinski definition) is 0. The molecule has 1 radical (unpaired) electrons. The minimum atomic E-state index is 0.560. The predicted octanol–water partition coefficient (Wildman–Crippen LogP) is 3.76. The molecule has 0 heteroatoms. The largest absolute Gasteiger partial charge is 0.0616 e. The van der Waals surface area contributed by atoms with Crippen molar-refractivity contribution in [3.8, 4) is 0 Å². The molecule has 0 aromatic heterocycles. The van der Waals surface area contributed by atoms with E-state index in [4.69, 9.17) is 0 Å². The second kappa shape index (κ2) is 3.21. The number of hydrogen-bond donors (Lipinski definition) is 0. The van der Waals surface area contributed by atoms with E-state index in [0.29, 0.717) is 5.92 Å². The second-order valence-corrected chi connectivity index (χ2v) is 3.67. The number of rotatable bonds is 1. The molecule has 0 N–H and O–H groups in total. The van der Waals surface area contributed by atoms with Crippen LogP contribution in [-0.2, 0) is 0 Å². The topological polar surface area (TPSA) is 0 Å². The van der Waals surface area contributed by atoms with Crippen LogP contribution in [0, 0.1) is 6.07 Å². The minimum absolute atomic E-state index is 0.560. The van der Waals surface area contributed by atoms with Crippen molar-refractivity contribution >= 4 is 10.8 Å². The zero-order chi connectivity index (χ0) is 9.26. The van der Waals surface area contributed by atoms with Crippen LogP contribution in [0.1, 0.15) is 25.3 Å². The third-order valence-electron chi connectivity index (χ3n) is 2.32. The van der Waals surface area contributed by atoms with E-state index in [-0.39, 0.29) is 0 Å². The molecule has 2 aromatic rings. The fraction of sp³-hybridized carbons (Fsp3) is 0.231. The molecular formula is C13H13. The molecule has 0 nitrogen and oxygen atoms in total. The first kappa shape index (κ1) is 8.31. The molecular weight excluding hydrogens is 156 g/mol. The summed E-state index contributed by atoms with van der Waals surface area (Å²) in [4.78, 5) is 0. The number of benzene rings is 2. The van der Waals surface area contributed by atoms with Crippen LogP contribution in [0.4, 0.5) is 0 Å². The monoisotopic (exact) mass is 169 g/mol. The molecule has 0 aliphatic carbocycles. The van der Waals surface area contributed by atoms with E-state index in [1.54, 1.807) is 0 Å². The molecule has 0 spiro atoms. The van der Waals surface area contributed by atoms with E-state index in [9.17, 15) is 0 Å². The van der Waals surface area contributed by atoms with Crippen LogP contribution in [-0.4, -0.2) is 0 Å². The molecule has 0 amide bonds. The van der Waals surface area contributed by atoms with Crippen molar-refractivity contribution in [2.24, 2.45) is 0 Å².